The zero-order chi connectivity index (χ0) is 20.9. The Kier molecular flexibility index (Phi) is 6.52. The van der Waals surface area contributed by atoms with E-state index in [0.717, 1.165) is 41.4 Å². The molecule has 4 amide bonds. The molecule has 29 heavy (non-hydrogen) atoms. The number of anilines is 1. The zero-order valence-electron chi connectivity index (χ0n) is 17.2. The summed E-state index contributed by atoms with van der Waals surface area (Å²) in [5, 5.41) is 7.64. The third-order valence-corrected chi connectivity index (χ3v) is 5.46. The molecule has 0 saturated carbocycles. The molecule has 0 aromatic heterocycles. The fourth-order valence-corrected chi connectivity index (χ4v) is 3.75. The Morgan fingerprint density at radius 1 is 1.03 bits per heavy atom. The van der Waals surface area contributed by atoms with Crippen molar-refractivity contribution >= 4 is 34.3 Å². The Balaban J connectivity index is 1.57. The predicted octanol–water partition coefficient (Wildman–Crippen LogP) is 4.45. The summed E-state index contributed by atoms with van der Waals surface area (Å²) in [6.45, 7) is 3.61. The second-order valence-electron chi connectivity index (χ2n) is 7.93. The van der Waals surface area contributed by atoms with E-state index in [4.69, 9.17) is 0 Å². The molecule has 3 rings (SSSR count). The van der Waals surface area contributed by atoms with Gasteiger partial charge in [0.1, 0.15) is 12.1 Å². The smallest absolute Gasteiger partial charge is 0.325 e. The van der Waals surface area contributed by atoms with Crippen LogP contribution in [-0.2, 0) is 9.59 Å². The number of nitrogens with one attached hydrogen (secondary N) is 2. The highest BCUT2D eigenvalue weighted by molar-refractivity contribution is 6.10. The highest BCUT2D eigenvalue weighted by Crippen LogP contribution is 2.24. The van der Waals surface area contributed by atoms with Crippen LogP contribution in [0.1, 0.15) is 52.4 Å². The van der Waals surface area contributed by atoms with Crippen molar-refractivity contribution in [2.45, 2.75) is 57.9 Å². The number of fused-ring (bicyclic) bond motifs is 1. The number of benzene rings is 2. The highest BCUT2D eigenvalue weighted by atomic mass is 16.2. The fourth-order valence-electron chi connectivity index (χ4n) is 3.75. The first-order valence-electron chi connectivity index (χ1n) is 10.4. The van der Waals surface area contributed by atoms with Crippen LogP contribution < -0.4 is 10.6 Å². The lowest BCUT2D eigenvalue weighted by atomic mass is 9.94. The van der Waals surface area contributed by atoms with Crippen LogP contribution in [0.4, 0.5) is 10.5 Å². The van der Waals surface area contributed by atoms with Crippen LogP contribution in [0.15, 0.2) is 42.5 Å². The van der Waals surface area contributed by atoms with Gasteiger partial charge in [0.2, 0.25) is 5.91 Å². The predicted molar refractivity (Wildman–Crippen MR) is 115 cm³/mol. The molecule has 1 aliphatic rings. The molecule has 1 aliphatic heterocycles. The molecule has 2 aromatic carbocycles. The number of carbonyl (C=O) groups is 3. The van der Waals surface area contributed by atoms with Crippen molar-refractivity contribution in [2.75, 3.05) is 11.9 Å². The highest BCUT2D eigenvalue weighted by Gasteiger charge is 2.47. The van der Waals surface area contributed by atoms with Crippen molar-refractivity contribution in [1.29, 1.82) is 0 Å². The van der Waals surface area contributed by atoms with Crippen LogP contribution in [0, 0.1) is 0 Å². The SMILES string of the molecule is CCCCCCC[C@]1(C)NC(=O)N(CC(=O)Nc2ccc3ccccc3c2)C1=O. The Bertz CT molecular complexity index is 911. The van der Waals surface area contributed by atoms with Gasteiger partial charge in [-0.2, -0.15) is 0 Å². The van der Waals surface area contributed by atoms with Gasteiger partial charge in [-0.1, -0.05) is 69.4 Å². The Labute approximate surface area is 171 Å². The van der Waals surface area contributed by atoms with Crippen molar-refractivity contribution in [3.8, 4) is 0 Å². The molecule has 2 N–H and O–H groups in total. The number of urea groups is 1. The molecule has 0 unspecified atom stereocenters. The summed E-state index contributed by atoms with van der Waals surface area (Å²) in [5.74, 6) is -0.720. The Hall–Kier alpha value is -2.89. The molecule has 6 heteroatoms. The van der Waals surface area contributed by atoms with Gasteiger partial charge in [-0.05, 0) is 36.2 Å². The van der Waals surface area contributed by atoms with Crippen LogP contribution in [0.2, 0.25) is 0 Å². The molecular weight excluding hydrogens is 366 g/mol. The second kappa shape index (κ2) is 9.07. The van der Waals surface area contributed by atoms with Gasteiger partial charge in [0.15, 0.2) is 0 Å². The molecule has 1 atom stereocenters. The van der Waals surface area contributed by atoms with Crippen molar-refractivity contribution in [1.82, 2.24) is 10.2 Å². The lowest BCUT2D eigenvalue weighted by molar-refractivity contribution is -0.133. The average molecular weight is 396 g/mol. The van der Waals surface area contributed by atoms with Crippen molar-refractivity contribution in [3.63, 3.8) is 0 Å². The summed E-state index contributed by atoms with van der Waals surface area (Å²) in [5.41, 5.74) is -0.286. The summed E-state index contributed by atoms with van der Waals surface area (Å²) >= 11 is 0. The fraction of sp³-hybridized carbons (Fsp3) is 0.435. The molecule has 0 aliphatic carbocycles. The number of amides is 4. The number of unbranched alkanes of at least 4 members (excludes halogenated alkanes) is 4. The first-order valence-corrected chi connectivity index (χ1v) is 10.4. The molecule has 0 bridgehead atoms. The third kappa shape index (κ3) is 4.94. The summed E-state index contributed by atoms with van der Waals surface area (Å²) in [6.07, 6.45) is 5.97. The maximum atomic E-state index is 12.8. The molecule has 2 aromatic rings. The van der Waals surface area contributed by atoms with Crippen LogP contribution in [0.3, 0.4) is 0 Å². The molecule has 1 fully saturated rings. The third-order valence-electron chi connectivity index (χ3n) is 5.46. The maximum Gasteiger partial charge on any atom is 0.325 e. The monoisotopic (exact) mass is 395 g/mol. The van der Waals surface area contributed by atoms with Crippen molar-refractivity contribution < 1.29 is 14.4 Å². The number of hydrogen-bond acceptors (Lipinski definition) is 3. The number of rotatable bonds is 9. The topological polar surface area (TPSA) is 78.5 Å². The average Bonchev–Trinajstić information content (AvgIpc) is 2.91. The van der Waals surface area contributed by atoms with E-state index in [0.29, 0.717) is 12.1 Å². The number of imide groups is 1. The standard InChI is InChI=1S/C23H29N3O3/c1-3-4-5-6-9-14-23(2)21(28)26(22(29)25-23)16-20(27)24-19-13-12-17-10-7-8-11-18(17)15-19/h7-8,10-13,15H,3-6,9,14,16H2,1-2H3,(H,24,27)(H,25,29)/t23-/m0/s1. The van der Waals surface area contributed by atoms with Gasteiger partial charge < -0.3 is 10.6 Å². The molecule has 6 nitrogen and oxygen atoms in total. The van der Waals surface area contributed by atoms with Gasteiger partial charge in [-0.15, -0.1) is 0 Å². The summed E-state index contributed by atoms with van der Waals surface area (Å²) < 4.78 is 0. The van der Waals surface area contributed by atoms with E-state index in [1.165, 1.54) is 6.42 Å². The first-order chi connectivity index (χ1) is 13.9. The van der Waals surface area contributed by atoms with Crippen molar-refractivity contribution in [3.05, 3.63) is 42.5 Å². The van der Waals surface area contributed by atoms with E-state index >= 15 is 0 Å². The lowest BCUT2D eigenvalue weighted by Gasteiger charge is -2.21. The Morgan fingerprint density at radius 3 is 2.52 bits per heavy atom. The molecule has 1 heterocycles. The number of hydrogen-bond donors (Lipinski definition) is 2. The minimum Gasteiger partial charge on any atom is -0.325 e. The van der Waals surface area contributed by atoms with E-state index in [-0.39, 0.29) is 12.5 Å². The normalized spacial score (nSPS) is 18.9. The van der Waals surface area contributed by atoms with Gasteiger partial charge in [-0.3, -0.25) is 14.5 Å². The van der Waals surface area contributed by atoms with Gasteiger partial charge in [-0.25, -0.2) is 4.79 Å². The minimum absolute atomic E-state index is 0.289. The van der Waals surface area contributed by atoms with Gasteiger partial charge in [0.25, 0.3) is 5.91 Å². The molecule has 0 spiro atoms. The van der Waals surface area contributed by atoms with Gasteiger partial charge in [0, 0.05) is 5.69 Å². The molecular formula is C23H29N3O3. The first kappa shape index (κ1) is 20.8. The van der Waals surface area contributed by atoms with Crippen LogP contribution in [0.25, 0.3) is 10.8 Å². The largest absolute Gasteiger partial charge is 0.325 e. The quantitative estimate of drug-likeness (QED) is 0.486. The van der Waals surface area contributed by atoms with Crippen molar-refractivity contribution in [2.24, 2.45) is 0 Å². The van der Waals surface area contributed by atoms with E-state index in [1.807, 2.05) is 42.5 Å². The molecule has 1 saturated heterocycles. The van der Waals surface area contributed by atoms with Gasteiger partial charge >= 0.3 is 6.03 Å². The van der Waals surface area contributed by atoms with E-state index < -0.39 is 17.5 Å². The summed E-state index contributed by atoms with van der Waals surface area (Å²) in [7, 11) is 0. The minimum atomic E-state index is -0.924. The van der Waals surface area contributed by atoms with E-state index in [9.17, 15) is 14.4 Å². The molecule has 154 valence electrons. The van der Waals surface area contributed by atoms with Gasteiger partial charge in [0.05, 0.1) is 0 Å². The van der Waals surface area contributed by atoms with E-state index in [1.54, 1.807) is 6.92 Å². The lowest BCUT2D eigenvalue weighted by Crippen LogP contribution is -2.44. The maximum absolute atomic E-state index is 12.8. The number of carbonyl (C=O) groups excluding carboxylic acids is 3. The summed E-state index contributed by atoms with van der Waals surface area (Å²) in [6, 6.07) is 13.0. The molecule has 0 radical (unpaired) electrons. The van der Waals surface area contributed by atoms with E-state index in [2.05, 4.69) is 17.6 Å². The second-order valence-corrected chi connectivity index (χ2v) is 7.93. The van der Waals surface area contributed by atoms with Crippen LogP contribution in [0.5, 0.6) is 0 Å². The Morgan fingerprint density at radius 2 is 1.76 bits per heavy atom. The zero-order valence-corrected chi connectivity index (χ0v) is 17.2. The van der Waals surface area contributed by atoms with Crippen LogP contribution >= 0.6 is 0 Å². The van der Waals surface area contributed by atoms with Crippen LogP contribution in [-0.4, -0.2) is 34.8 Å². The summed E-state index contributed by atoms with van der Waals surface area (Å²) in [4.78, 5) is 38.6. The number of nitrogens with zero attached hydrogens (tertiary/aromatic N) is 1.